The first kappa shape index (κ1) is 81.9. The fraction of sp³-hybridized carbons (Fsp3) is 0.600. The predicted octanol–water partition coefficient (Wildman–Crippen LogP) is 28.1. The van der Waals surface area contributed by atoms with Crippen LogP contribution in [0.15, 0.2) is 98.0 Å². The summed E-state index contributed by atoms with van der Waals surface area (Å²) in [6.45, 7) is 84.4. The first-order valence-corrected chi connectivity index (χ1v) is 41.1. The van der Waals surface area contributed by atoms with Crippen LogP contribution in [-0.4, -0.2) is 44.4 Å². The van der Waals surface area contributed by atoms with Gasteiger partial charge in [0.2, 0.25) is 0 Å². The van der Waals surface area contributed by atoms with Gasteiger partial charge in [-0.05, 0) is 146 Å². The van der Waals surface area contributed by atoms with Crippen molar-refractivity contribution < 1.29 is 38.8 Å². The van der Waals surface area contributed by atoms with Gasteiger partial charge in [-0.1, -0.05) is 280 Å². The van der Waals surface area contributed by atoms with E-state index in [0.29, 0.717) is 19.6 Å². The molecule has 0 amide bonds. The lowest BCUT2D eigenvalue weighted by atomic mass is 9.74. The van der Waals surface area contributed by atoms with E-state index >= 15 is 0 Å². The normalized spacial score (nSPS) is 14.2. The highest BCUT2D eigenvalue weighted by Gasteiger charge is 2.35. The molecule has 13 heteroatoms. The lowest BCUT2D eigenvalue weighted by Crippen LogP contribution is -2.35. The molecule has 0 aliphatic carbocycles. The van der Waals surface area contributed by atoms with Crippen molar-refractivity contribution in [1.82, 2.24) is 4.90 Å². The lowest BCUT2D eigenvalue weighted by molar-refractivity contribution is 0.183. The SMILES string of the molecule is CC(C)(C)c1cc(C(C)(C)C)c2op(OCCN(CCOp3oc4c(C(C)(C)C)cc(C(C)(C)C)cc4c4cc(C(C)(C)C)cc(C(C)(C)C)c4o3)CCOp3oc4c(C(C)(C)C)cc(C(C)(C)C)cc4c4cc(C(C)(C)C)cc(C(C)(C)C)c4o3)oc3cc(C(C)(C)C)c(C(C)(C)C)cc3c2c1. The molecule has 3 aromatic heterocycles. The van der Waals surface area contributed by atoms with Crippen molar-refractivity contribution in [1.29, 1.82) is 0 Å². The van der Waals surface area contributed by atoms with E-state index in [2.05, 4.69) is 327 Å². The maximum absolute atomic E-state index is 7.32. The third-order valence-corrected chi connectivity index (χ3v) is 23.4. The summed E-state index contributed by atoms with van der Waals surface area (Å²) < 4.78 is 65.2. The number of benzene rings is 6. The fourth-order valence-electron chi connectivity index (χ4n) is 13.4. The van der Waals surface area contributed by atoms with Crippen LogP contribution in [0, 0.1) is 0 Å². The van der Waals surface area contributed by atoms with Gasteiger partial charge in [-0.3, -0.25) is 18.5 Å². The van der Waals surface area contributed by atoms with Crippen LogP contribution in [0.4, 0.5) is 0 Å². The smallest absolute Gasteiger partial charge is 0.387 e. The zero-order valence-corrected chi connectivity index (χ0v) is 73.3. The van der Waals surface area contributed by atoms with E-state index in [-0.39, 0.29) is 84.8 Å². The van der Waals surface area contributed by atoms with E-state index in [1.54, 1.807) is 0 Å². The topological polar surface area (TPSA) is 110 Å². The Hall–Kier alpha value is -5.14. The third-order valence-electron chi connectivity index (χ3n) is 20.2. The predicted molar refractivity (Wildman–Crippen MR) is 444 cm³/mol. The van der Waals surface area contributed by atoms with Crippen LogP contribution in [-0.2, 0) is 65.0 Å². The Morgan fingerprint density at radius 1 is 0.223 bits per heavy atom. The Morgan fingerprint density at radius 2 is 0.417 bits per heavy atom. The second-order valence-electron chi connectivity index (χ2n) is 42.0. The van der Waals surface area contributed by atoms with E-state index in [9.17, 15) is 0 Å². The van der Waals surface area contributed by atoms with Crippen LogP contribution in [0.25, 0.3) is 65.8 Å². The largest absolute Gasteiger partial charge is 0.399 e. The minimum absolute atomic E-state index is 0.137. The van der Waals surface area contributed by atoms with Crippen molar-refractivity contribution in [3.8, 4) is 0 Å². The molecule has 0 bridgehead atoms. The van der Waals surface area contributed by atoms with E-state index < -0.39 is 24.7 Å². The van der Waals surface area contributed by atoms with Gasteiger partial charge in [0.05, 0.1) is 19.8 Å². The first-order chi connectivity index (χ1) is 46.6. The van der Waals surface area contributed by atoms with E-state index in [1.165, 1.54) is 38.9 Å². The second-order valence-corrected chi connectivity index (χ2v) is 45.2. The molecule has 6 aromatic carbocycles. The van der Waals surface area contributed by atoms with Crippen molar-refractivity contribution in [2.75, 3.05) is 39.5 Å². The highest BCUT2D eigenvalue weighted by atomic mass is 31.1. The van der Waals surface area contributed by atoms with Crippen molar-refractivity contribution >= 4 is 90.5 Å². The van der Waals surface area contributed by atoms with E-state index in [0.717, 1.165) is 93.6 Å². The molecule has 0 fully saturated rings. The van der Waals surface area contributed by atoms with Gasteiger partial charge in [-0.15, -0.1) is 0 Å². The average molecular weight is 1460 g/mol. The lowest BCUT2D eigenvalue weighted by Gasteiger charge is -2.30. The van der Waals surface area contributed by atoms with Gasteiger partial charge >= 0.3 is 24.7 Å². The summed E-state index contributed by atoms with van der Waals surface area (Å²) in [6.07, 6.45) is 0. The van der Waals surface area contributed by atoms with Gasteiger partial charge in [-0.25, -0.2) is 0 Å². The van der Waals surface area contributed by atoms with E-state index in [4.69, 9.17) is 38.8 Å². The van der Waals surface area contributed by atoms with Crippen LogP contribution in [0.5, 0.6) is 0 Å². The summed E-state index contributed by atoms with van der Waals surface area (Å²) in [5.74, 6) is 0. The summed E-state index contributed by atoms with van der Waals surface area (Å²) in [6, 6.07) is 28.1. The number of hydrogen-bond donors (Lipinski definition) is 0. The van der Waals surface area contributed by atoms with Crippen molar-refractivity contribution in [3.63, 3.8) is 0 Å². The molecule has 0 saturated carbocycles. The Labute approximate surface area is 623 Å². The molecule has 1 atom stereocenters. The maximum atomic E-state index is 7.32. The zero-order valence-electron chi connectivity index (χ0n) is 70.6. The van der Waals surface area contributed by atoms with Crippen LogP contribution >= 0.6 is 24.7 Å². The number of nitrogens with zero attached hydrogens (tertiary/aromatic N) is 1. The average Bonchev–Trinajstić information content (AvgIpc) is 1.73. The molecule has 10 nitrogen and oxygen atoms in total. The zero-order chi connectivity index (χ0) is 77.3. The van der Waals surface area contributed by atoms with Crippen molar-refractivity contribution in [3.05, 3.63) is 140 Å². The van der Waals surface area contributed by atoms with Gasteiger partial charge in [0.1, 0.15) is 33.5 Å². The number of fused-ring (bicyclic) bond motifs is 9. The molecule has 0 saturated heterocycles. The van der Waals surface area contributed by atoms with Gasteiger partial charge in [0.15, 0.2) is 0 Å². The van der Waals surface area contributed by atoms with Crippen LogP contribution in [0.1, 0.15) is 316 Å². The van der Waals surface area contributed by atoms with Gasteiger partial charge < -0.3 is 25.2 Å². The quantitative estimate of drug-likeness (QED) is 0.117. The van der Waals surface area contributed by atoms with Crippen molar-refractivity contribution in [2.45, 2.75) is 314 Å². The number of hydrogen-bond acceptors (Lipinski definition) is 10. The molecule has 103 heavy (non-hydrogen) atoms. The number of rotatable bonds is 12. The molecular weight excluding hydrogens is 1330 g/mol. The summed E-state index contributed by atoms with van der Waals surface area (Å²) >= 11 is 0. The van der Waals surface area contributed by atoms with Crippen LogP contribution in [0.2, 0.25) is 0 Å². The molecule has 9 aromatic rings. The molecule has 566 valence electrons. The van der Waals surface area contributed by atoms with Gasteiger partial charge in [-0.2, -0.15) is 0 Å². The van der Waals surface area contributed by atoms with Crippen LogP contribution in [0.3, 0.4) is 0 Å². The molecule has 0 aliphatic heterocycles. The fourth-order valence-corrected chi connectivity index (χ4v) is 16.6. The van der Waals surface area contributed by atoms with Gasteiger partial charge in [0, 0.05) is 79.8 Å². The first-order valence-electron chi connectivity index (χ1n) is 37.9. The minimum atomic E-state index is -2.01. The summed E-state index contributed by atoms with van der Waals surface area (Å²) in [4.78, 5) is 2.33. The van der Waals surface area contributed by atoms with Crippen LogP contribution < -0.4 is 13.6 Å². The standard InChI is InChI=1S/C90H132NO9P3/c1-79(2,3)55-43-61-60-53-66(84(16,17)18)67(85(19,20)21)54-73(60)95-101(96-74(61)68(48-55)86(22,23)24)92-40-37-91(38-41-93-102-97-75-62(44-56(80(4,5)6)49-69(75)87(25,26)27)63-45-57(81(7,8)9)50-70(76(63)98-102)88(28,29)30)39-42-94-103-99-77-64(46-58(82(10,11)12)51-71(77)89(31,32)33)65-47-59(83(13,14)15)52-72(78(65)100-103)90(34,35)36/h43-54H,37-42H2,1-36H3. The molecule has 0 N–H and O–H groups in total. The maximum Gasteiger partial charge on any atom is 0.387 e. The Bertz CT molecular complexity index is 4390. The third kappa shape index (κ3) is 18.5. The molecule has 0 spiro atoms. The highest BCUT2D eigenvalue weighted by molar-refractivity contribution is 7.32. The monoisotopic (exact) mass is 1460 g/mol. The van der Waals surface area contributed by atoms with E-state index in [1.807, 2.05) is 0 Å². The Balaban J connectivity index is 1.22. The second kappa shape index (κ2) is 28.1. The van der Waals surface area contributed by atoms with Gasteiger partial charge in [0.25, 0.3) is 0 Å². The molecule has 3 heterocycles. The Kier molecular flexibility index (Phi) is 22.4. The highest BCUT2D eigenvalue weighted by Crippen LogP contribution is 2.50. The molecule has 0 radical (unpaired) electrons. The molecule has 1 unspecified atom stereocenters. The Morgan fingerprint density at radius 3 is 0.621 bits per heavy atom. The van der Waals surface area contributed by atoms with Crippen molar-refractivity contribution in [2.24, 2.45) is 0 Å². The summed E-state index contributed by atoms with van der Waals surface area (Å²) in [7, 11) is -6.01. The molecule has 0 aliphatic rings. The summed E-state index contributed by atoms with van der Waals surface area (Å²) in [5.41, 5.74) is 16.6. The summed E-state index contributed by atoms with van der Waals surface area (Å²) in [5, 5.41) is 6.15. The molecular formula is C90H132NO9P3. The molecule has 9 rings (SSSR count). The minimum Gasteiger partial charge on any atom is -0.399 e.